The second kappa shape index (κ2) is 14.0. The minimum absolute atomic E-state index is 0.0107. The van der Waals surface area contributed by atoms with Crippen LogP contribution in [0.4, 0.5) is 0 Å². The molecule has 4 aromatic carbocycles. The number of amides is 2. The predicted molar refractivity (Wildman–Crippen MR) is 162 cm³/mol. The van der Waals surface area contributed by atoms with Crippen LogP contribution in [-0.2, 0) is 16.0 Å². The van der Waals surface area contributed by atoms with Gasteiger partial charge in [-0.05, 0) is 64.7 Å². The van der Waals surface area contributed by atoms with Crippen LogP contribution in [0.5, 0.6) is 11.5 Å². The van der Waals surface area contributed by atoms with Crippen molar-refractivity contribution in [3.8, 4) is 22.6 Å². The number of benzene rings is 4. The molecule has 1 atom stereocenters. The van der Waals surface area contributed by atoms with Crippen LogP contribution in [0.1, 0.15) is 21.5 Å². The molecule has 0 bridgehead atoms. The molecule has 2 amide bonds. The summed E-state index contributed by atoms with van der Waals surface area (Å²) in [5.74, 6) is -1.65. The monoisotopic (exact) mass is 584 g/mol. The number of aliphatic carboxylic acids is 1. The number of rotatable bonds is 11. The van der Waals surface area contributed by atoms with Crippen LogP contribution in [-0.4, -0.2) is 43.2 Å². The Balaban J connectivity index is 1.61. The van der Waals surface area contributed by atoms with E-state index in [4.69, 9.17) is 21.1 Å². The van der Waals surface area contributed by atoms with Crippen molar-refractivity contribution in [2.75, 3.05) is 14.2 Å². The number of methoxy groups -OCH3 is 2. The first-order valence-electron chi connectivity index (χ1n) is 13.0. The molecule has 0 aliphatic rings. The molecule has 9 heteroatoms. The summed E-state index contributed by atoms with van der Waals surface area (Å²) >= 11 is 5.94. The summed E-state index contributed by atoms with van der Waals surface area (Å²) in [7, 11) is 2.98. The minimum Gasteiger partial charge on any atom is -0.493 e. The SMILES string of the molecule is COc1ccc(C=C(NC(=O)c2ccc(-c3ccccc3)cc2)C(=O)NC(Cc2ccc(Cl)cc2)C(=O)O)cc1OC. The van der Waals surface area contributed by atoms with Crippen LogP contribution in [0.15, 0.2) is 103 Å². The van der Waals surface area contributed by atoms with E-state index in [0.717, 1.165) is 11.1 Å². The largest absolute Gasteiger partial charge is 0.493 e. The van der Waals surface area contributed by atoms with Crippen molar-refractivity contribution in [3.05, 3.63) is 124 Å². The zero-order chi connectivity index (χ0) is 30.1. The molecule has 0 aliphatic carbocycles. The lowest BCUT2D eigenvalue weighted by Crippen LogP contribution is -2.45. The quantitative estimate of drug-likeness (QED) is 0.198. The summed E-state index contributed by atoms with van der Waals surface area (Å²) in [5.41, 5.74) is 3.27. The molecular formula is C33H29ClN2O6. The molecule has 0 radical (unpaired) electrons. The van der Waals surface area contributed by atoms with E-state index in [1.165, 1.54) is 20.3 Å². The fourth-order valence-corrected chi connectivity index (χ4v) is 4.33. The highest BCUT2D eigenvalue weighted by Crippen LogP contribution is 2.28. The molecule has 42 heavy (non-hydrogen) atoms. The third-order valence-electron chi connectivity index (χ3n) is 6.42. The Bertz CT molecular complexity index is 1590. The van der Waals surface area contributed by atoms with E-state index < -0.39 is 23.8 Å². The first-order chi connectivity index (χ1) is 20.3. The molecule has 4 rings (SSSR count). The Morgan fingerprint density at radius 2 is 1.48 bits per heavy atom. The Morgan fingerprint density at radius 3 is 2.10 bits per heavy atom. The molecule has 8 nitrogen and oxygen atoms in total. The molecule has 0 heterocycles. The minimum atomic E-state index is -1.27. The van der Waals surface area contributed by atoms with Crippen molar-refractivity contribution in [1.29, 1.82) is 0 Å². The number of halogens is 1. The number of hydrogen-bond acceptors (Lipinski definition) is 5. The second-order valence-corrected chi connectivity index (χ2v) is 9.70. The number of carbonyl (C=O) groups excluding carboxylic acids is 2. The first-order valence-corrected chi connectivity index (χ1v) is 13.3. The van der Waals surface area contributed by atoms with Gasteiger partial charge in [0, 0.05) is 17.0 Å². The average Bonchev–Trinajstić information content (AvgIpc) is 3.01. The number of hydrogen-bond donors (Lipinski definition) is 3. The Labute approximate surface area is 248 Å². The molecule has 0 fully saturated rings. The average molecular weight is 585 g/mol. The Hall–Kier alpha value is -5.08. The van der Waals surface area contributed by atoms with Crippen molar-refractivity contribution < 1.29 is 29.0 Å². The lowest BCUT2D eigenvalue weighted by molar-refractivity contribution is -0.141. The van der Waals surface area contributed by atoms with Crippen LogP contribution in [0.3, 0.4) is 0 Å². The summed E-state index contributed by atoms with van der Waals surface area (Å²) in [5, 5.41) is 15.5. The molecule has 214 valence electrons. The second-order valence-electron chi connectivity index (χ2n) is 9.26. The van der Waals surface area contributed by atoms with E-state index in [1.54, 1.807) is 54.6 Å². The third kappa shape index (κ3) is 7.77. The van der Waals surface area contributed by atoms with Crippen LogP contribution in [0.2, 0.25) is 5.02 Å². The normalized spacial score (nSPS) is 11.7. The van der Waals surface area contributed by atoms with Gasteiger partial charge in [0.25, 0.3) is 11.8 Å². The van der Waals surface area contributed by atoms with Crippen LogP contribution >= 0.6 is 11.6 Å². The van der Waals surface area contributed by atoms with Gasteiger partial charge in [-0.15, -0.1) is 0 Å². The molecule has 3 N–H and O–H groups in total. The highest BCUT2D eigenvalue weighted by molar-refractivity contribution is 6.30. The van der Waals surface area contributed by atoms with E-state index in [2.05, 4.69) is 10.6 Å². The zero-order valence-corrected chi connectivity index (χ0v) is 23.7. The first kappa shape index (κ1) is 29.9. The van der Waals surface area contributed by atoms with Gasteiger partial charge in [-0.1, -0.05) is 72.3 Å². The fourth-order valence-electron chi connectivity index (χ4n) is 4.20. The van der Waals surface area contributed by atoms with E-state index in [0.29, 0.717) is 33.2 Å². The van der Waals surface area contributed by atoms with E-state index in [9.17, 15) is 19.5 Å². The summed E-state index contributed by atoms with van der Waals surface area (Å²) in [6.45, 7) is 0. The number of carbonyl (C=O) groups is 3. The van der Waals surface area contributed by atoms with Gasteiger partial charge in [0.2, 0.25) is 0 Å². The maximum Gasteiger partial charge on any atom is 0.326 e. The van der Waals surface area contributed by atoms with Crippen molar-refractivity contribution in [1.82, 2.24) is 10.6 Å². The van der Waals surface area contributed by atoms with Crippen molar-refractivity contribution >= 4 is 35.5 Å². The highest BCUT2D eigenvalue weighted by atomic mass is 35.5. The van der Waals surface area contributed by atoms with Crippen LogP contribution in [0, 0.1) is 0 Å². The van der Waals surface area contributed by atoms with Gasteiger partial charge >= 0.3 is 5.97 Å². The van der Waals surface area contributed by atoms with Gasteiger partial charge in [0.15, 0.2) is 11.5 Å². The van der Waals surface area contributed by atoms with Gasteiger partial charge in [0.1, 0.15) is 11.7 Å². The fraction of sp³-hybridized carbons (Fsp3) is 0.121. The summed E-state index contributed by atoms with van der Waals surface area (Å²) in [6.07, 6.45) is 1.45. The van der Waals surface area contributed by atoms with Gasteiger partial charge in [-0.2, -0.15) is 0 Å². The third-order valence-corrected chi connectivity index (χ3v) is 6.67. The molecular weight excluding hydrogens is 556 g/mol. The number of ether oxygens (including phenoxy) is 2. The molecule has 0 saturated heterocycles. The predicted octanol–water partition coefficient (Wildman–Crippen LogP) is 5.61. The van der Waals surface area contributed by atoms with Gasteiger partial charge in [0.05, 0.1) is 14.2 Å². The van der Waals surface area contributed by atoms with Crippen molar-refractivity contribution in [2.24, 2.45) is 0 Å². The van der Waals surface area contributed by atoms with E-state index >= 15 is 0 Å². The molecule has 4 aromatic rings. The van der Waals surface area contributed by atoms with Gasteiger partial charge in [-0.25, -0.2) is 4.79 Å². The van der Waals surface area contributed by atoms with E-state index in [1.807, 2.05) is 42.5 Å². The summed E-state index contributed by atoms with van der Waals surface area (Å²) in [4.78, 5) is 38.8. The molecule has 0 aliphatic heterocycles. The standard InChI is InChI=1S/C33H29ClN2O6/c1-41-29-17-10-22(20-30(29)42-2)19-27(32(38)36-28(33(39)40)18-21-8-15-26(34)16-9-21)35-31(37)25-13-11-24(12-14-25)23-6-4-3-5-7-23/h3-17,19-20,28H,18H2,1-2H3,(H,35,37)(H,36,38)(H,39,40). The topological polar surface area (TPSA) is 114 Å². The maximum absolute atomic E-state index is 13.5. The summed E-state index contributed by atoms with van der Waals surface area (Å²) in [6, 6.07) is 27.0. The van der Waals surface area contributed by atoms with Gasteiger partial charge in [-0.3, -0.25) is 9.59 Å². The Kier molecular flexibility index (Phi) is 9.97. The lowest BCUT2D eigenvalue weighted by Gasteiger charge is -2.17. The zero-order valence-electron chi connectivity index (χ0n) is 23.0. The molecule has 0 spiro atoms. The molecule has 0 saturated carbocycles. The number of carboxylic acids is 1. The lowest BCUT2D eigenvalue weighted by atomic mass is 10.0. The van der Waals surface area contributed by atoms with Crippen LogP contribution < -0.4 is 20.1 Å². The van der Waals surface area contributed by atoms with Crippen molar-refractivity contribution in [3.63, 3.8) is 0 Å². The van der Waals surface area contributed by atoms with E-state index in [-0.39, 0.29) is 12.1 Å². The highest BCUT2D eigenvalue weighted by Gasteiger charge is 2.24. The number of carboxylic acid groups (broad SMARTS) is 1. The maximum atomic E-state index is 13.5. The summed E-state index contributed by atoms with van der Waals surface area (Å²) < 4.78 is 10.6. The molecule has 0 aromatic heterocycles. The Morgan fingerprint density at radius 1 is 0.833 bits per heavy atom. The van der Waals surface area contributed by atoms with Crippen LogP contribution in [0.25, 0.3) is 17.2 Å². The van der Waals surface area contributed by atoms with Crippen molar-refractivity contribution in [2.45, 2.75) is 12.5 Å². The smallest absolute Gasteiger partial charge is 0.326 e. The van der Waals surface area contributed by atoms with Gasteiger partial charge < -0.3 is 25.2 Å². The number of nitrogens with one attached hydrogen (secondary N) is 2. The molecule has 1 unspecified atom stereocenters.